The van der Waals surface area contributed by atoms with Crippen LogP contribution < -0.4 is 10.6 Å². The highest BCUT2D eigenvalue weighted by molar-refractivity contribution is 5.95. The largest absolute Gasteiger partial charge is 0.405 e. The van der Waals surface area contributed by atoms with Crippen LogP contribution in [0.4, 0.5) is 35.0 Å². The van der Waals surface area contributed by atoms with Gasteiger partial charge in [0.25, 0.3) is 5.91 Å². The SMILES string of the molecule is O=C(c1ccc(Nc2nc(NCC(F)(F)F)c3cc[nH]c3n2)cc1F)N1CCCC1. The van der Waals surface area contributed by atoms with Crippen LogP contribution in [0.15, 0.2) is 30.5 Å². The first-order chi connectivity index (χ1) is 14.3. The number of carbonyl (C=O) groups is 1. The Balaban J connectivity index is 1.56. The second kappa shape index (κ2) is 7.81. The number of aromatic amines is 1. The third-order valence-corrected chi connectivity index (χ3v) is 4.72. The summed E-state index contributed by atoms with van der Waals surface area (Å²) in [6, 6.07) is 5.55. The molecule has 30 heavy (non-hydrogen) atoms. The van der Waals surface area contributed by atoms with Crippen molar-refractivity contribution >= 4 is 34.4 Å². The first-order valence-electron chi connectivity index (χ1n) is 9.32. The lowest BCUT2D eigenvalue weighted by molar-refractivity contribution is -0.115. The molecule has 1 aliphatic rings. The van der Waals surface area contributed by atoms with Gasteiger partial charge in [-0.05, 0) is 37.1 Å². The van der Waals surface area contributed by atoms with Gasteiger partial charge in [-0.25, -0.2) is 4.39 Å². The second-order valence-corrected chi connectivity index (χ2v) is 6.92. The van der Waals surface area contributed by atoms with Crippen molar-refractivity contribution in [3.8, 4) is 0 Å². The van der Waals surface area contributed by atoms with Crippen LogP contribution in [0.1, 0.15) is 23.2 Å². The van der Waals surface area contributed by atoms with Crippen LogP contribution in [-0.2, 0) is 0 Å². The van der Waals surface area contributed by atoms with Crippen LogP contribution in [0, 0.1) is 5.82 Å². The number of aromatic nitrogens is 3. The Morgan fingerprint density at radius 2 is 1.93 bits per heavy atom. The first-order valence-corrected chi connectivity index (χ1v) is 9.32. The summed E-state index contributed by atoms with van der Waals surface area (Å²) in [4.78, 5) is 25.1. The minimum atomic E-state index is -4.41. The number of H-pyrrole nitrogens is 1. The maximum atomic E-state index is 14.5. The van der Waals surface area contributed by atoms with Gasteiger partial charge in [-0.2, -0.15) is 23.1 Å². The van der Waals surface area contributed by atoms with Crippen molar-refractivity contribution in [2.75, 3.05) is 30.3 Å². The van der Waals surface area contributed by atoms with Gasteiger partial charge in [-0.15, -0.1) is 0 Å². The van der Waals surface area contributed by atoms with E-state index in [0.29, 0.717) is 24.1 Å². The number of nitrogens with zero attached hydrogens (tertiary/aromatic N) is 3. The van der Waals surface area contributed by atoms with Crippen molar-refractivity contribution in [1.29, 1.82) is 0 Å². The molecule has 1 aliphatic heterocycles. The summed E-state index contributed by atoms with van der Waals surface area (Å²) in [6.45, 7) is -0.0440. The van der Waals surface area contributed by atoms with Gasteiger partial charge in [0.15, 0.2) is 0 Å². The van der Waals surface area contributed by atoms with Crippen LogP contribution in [0.3, 0.4) is 0 Å². The van der Waals surface area contributed by atoms with Gasteiger partial charge < -0.3 is 20.5 Å². The van der Waals surface area contributed by atoms with Gasteiger partial charge >= 0.3 is 6.18 Å². The molecule has 3 heterocycles. The normalized spacial score (nSPS) is 14.3. The van der Waals surface area contributed by atoms with Crippen LogP contribution >= 0.6 is 0 Å². The molecule has 11 heteroatoms. The average Bonchev–Trinajstić information content (AvgIpc) is 3.37. The van der Waals surface area contributed by atoms with Gasteiger partial charge in [-0.1, -0.05) is 0 Å². The maximum absolute atomic E-state index is 14.5. The molecular weight excluding hydrogens is 404 g/mol. The molecule has 0 spiro atoms. The summed E-state index contributed by atoms with van der Waals surface area (Å²) in [5.74, 6) is -1.09. The molecule has 0 unspecified atom stereocenters. The zero-order chi connectivity index (χ0) is 21.3. The zero-order valence-corrected chi connectivity index (χ0v) is 15.7. The number of nitrogens with one attached hydrogen (secondary N) is 3. The predicted molar refractivity (Wildman–Crippen MR) is 103 cm³/mol. The average molecular weight is 422 g/mol. The molecule has 1 saturated heterocycles. The Bertz CT molecular complexity index is 1070. The molecule has 1 amide bonds. The van der Waals surface area contributed by atoms with Crippen molar-refractivity contribution in [3.63, 3.8) is 0 Å². The van der Waals surface area contributed by atoms with Crippen LogP contribution in [-0.4, -0.2) is 51.6 Å². The monoisotopic (exact) mass is 422 g/mol. The number of carbonyl (C=O) groups excluding carboxylic acids is 1. The molecule has 2 aromatic heterocycles. The van der Waals surface area contributed by atoms with E-state index >= 15 is 0 Å². The minimum Gasteiger partial charge on any atom is -0.360 e. The molecule has 4 rings (SSSR count). The van der Waals surface area contributed by atoms with E-state index in [2.05, 4.69) is 25.6 Å². The number of amides is 1. The van der Waals surface area contributed by atoms with Crippen molar-refractivity contribution in [2.24, 2.45) is 0 Å². The van der Waals surface area contributed by atoms with Gasteiger partial charge in [0, 0.05) is 25.0 Å². The van der Waals surface area contributed by atoms with E-state index in [-0.39, 0.29) is 28.9 Å². The molecule has 1 fully saturated rings. The number of benzene rings is 1. The lowest BCUT2D eigenvalue weighted by atomic mass is 10.1. The number of halogens is 4. The highest BCUT2D eigenvalue weighted by Crippen LogP contribution is 2.26. The number of hydrogen-bond acceptors (Lipinski definition) is 5. The Labute approximate surface area is 168 Å². The maximum Gasteiger partial charge on any atom is 0.405 e. The second-order valence-electron chi connectivity index (χ2n) is 6.92. The third kappa shape index (κ3) is 4.29. The van der Waals surface area contributed by atoms with Crippen molar-refractivity contribution in [1.82, 2.24) is 19.9 Å². The third-order valence-electron chi connectivity index (χ3n) is 4.72. The molecular formula is C19H18F4N6O. The van der Waals surface area contributed by atoms with Gasteiger partial charge in [0.1, 0.15) is 23.8 Å². The molecule has 7 nitrogen and oxygen atoms in total. The fraction of sp³-hybridized carbons (Fsp3) is 0.316. The van der Waals surface area contributed by atoms with E-state index in [4.69, 9.17) is 0 Å². The molecule has 3 aromatic rings. The van der Waals surface area contributed by atoms with Crippen molar-refractivity contribution in [3.05, 3.63) is 41.8 Å². The molecule has 3 N–H and O–H groups in total. The van der Waals surface area contributed by atoms with E-state index in [1.54, 1.807) is 11.0 Å². The van der Waals surface area contributed by atoms with Crippen LogP contribution in [0.25, 0.3) is 11.0 Å². The summed E-state index contributed by atoms with van der Waals surface area (Å²) in [6.07, 6.45) is -1.09. The van der Waals surface area contributed by atoms with Crippen molar-refractivity contribution in [2.45, 2.75) is 19.0 Å². The summed E-state index contributed by atoms with van der Waals surface area (Å²) >= 11 is 0. The Kier molecular flexibility index (Phi) is 5.18. The highest BCUT2D eigenvalue weighted by atomic mass is 19.4. The fourth-order valence-corrected chi connectivity index (χ4v) is 3.30. The Morgan fingerprint density at radius 3 is 2.63 bits per heavy atom. The topological polar surface area (TPSA) is 85.9 Å². The highest BCUT2D eigenvalue weighted by Gasteiger charge is 2.27. The van der Waals surface area contributed by atoms with Gasteiger partial charge in [0.05, 0.1) is 10.9 Å². The van der Waals surface area contributed by atoms with Gasteiger partial charge in [0.2, 0.25) is 5.95 Å². The van der Waals surface area contributed by atoms with E-state index < -0.39 is 18.5 Å². The summed E-state index contributed by atoms with van der Waals surface area (Å²) < 4.78 is 52.2. The van der Waals surface area contributed by atoms with E-state index in [0.717, 1.165) is 18.9 Å². The number of anilines is 3. The Morgan fingerprint density at radius 1 is 1.17 bits per heavy atom. The van der Waals surface area contributed by atoms with Crippen LogP contribution in [0.5, 0.6) is 0 Å². The molecule has 0 bridgehead atoms. The quantitative estimate of drug-likeness (QED) is 0.540. The minimum absolute atomic E-state index is 0.0117. The predicted octanol–water partition coefficient (Wildman–Crippen LogP) is 4.05. The Hall–Kier alpha value is -3.37. The summed E-state index contributed by atoms with van der Waals surface area (Å²) in [5.41, 5.74) is 0.548. The molecule has 158 valence electrons. The fourth-order valence-electron chi connectivity index (χ4n) is 3.30. The molecule has 0 aliphatic carbocycles. The number of alkyl halides is 3. The standard InChI is InChI=1S/C19H18F4N6O/c20-14-9-11(3-4-12(14)17(30)29-7-1-2-8-29)26-18-27-15-13(5-6-24-15)16(28-18)25-10-19(21,22)23/h3-6,9H,1-2,7-8,10H2,(H3,24,25,26,27,28). The van der Waals surface area contributed by atoms with Crippen molar-refractivity contribution < 1.29 is 22.4 Å². The molecule has 1 aromatic carbocycles. The van der Waals surface area contributed by atoms with E-state index in [9.17, 15) is 22.4 Å². The number of fused-ring (bicyclic) bond motifs is 1. The summed E-state index contributed by atoms with van der Waals surface area (Å²) in [5, 5.41) is 5.41. The first kappa shape index (κ1) is 19.9. The lowest BCUT2D eigenvalue weighted by Crippen LogP contribution is -2.28. The number of rotatable bonds is 5. The molecule has 0 saturated carbocycles. The molecule has 0 atom stereocenters. The molecule has 0 radical (unpaired) electrons. The van der Waals surface area contributed by atoms with Crippen LogP contribution in [0.2, 0.25) is 0 Å². The number of likely N-dealkylation sites (tertiary alicyclic amines) is 1. The van der Waals surface area contributed by atoms with E-state index in [1.807, 2.05) is 0 Å². The van der Waals surface area contributed by atoms with E-state index in [1.165, 1.54) is 18.3 Å². The summed E-state index contributed by atoms with van der Waals surface area (Å²) in [7, 11) is 0. The zero-order valence-electron chi connectivity index (χ0n) is 15.7. The lowest BCUT2D eigenvalue weighted by Gasteiger charge is -2.16. The smallest absolute Gasteiger partial charge is 0.360 e. The van der Waals surface area contributed by atoms with Gasteiger partial charge in [-0.3, -0.25) is 4.79 Å². The number of hydrogen-bond donors (Lipinski definition) is 3.